The van der Waals surface area contributed by atoms with Gasteiger partial charge in [0.1, 0.15) is 15.5 Å². The highest BCUT2D eigenvalue weighted by atomic mass is 32.1. The number of rotatable bonds is 2. The highest BCUT2D eigenvalue weighted by molar-refractivity contribution is 7.21. The van der Waals surface area contributed by atoms with Crippen LogP contribution in [0.4, 0.5) is 15.8 Å². The molecule has 0 unspecified atom stereocenters. The first kappa shape index (κ1) is 12.6. The Morgan fingerprint density at radius 2 is 2.15 bits per heavy atom. The van der Waals surface area contributed by atoms with Crippen LogP contribution in [0, 0.1) is 5.82 Å². The summed E-state index contributed by atoms with van der Waals surface area (Å²) in [5.41, 5.74) is 6.74. The van der Waals surface area contributed by atoms with Crippen LogP contribution >= 0.6 is 11.3 Å². The molecule has 6 heteroatoms. The molecule has 4 nitrogen and oxygen atoms in total. The number of hydrogen-bond donors (Lipinski definition) is 2. The standard InChI is InChI=1S/C14H10FN3OS/c15-8-3-1-4-9(7-8)18-13(19)12-11(16)10-5-2-6-17-14(10)20-12/h1-7H,16H2,(H,18,19). The fourth-order valence-corrected chi connectivity index (χ4v) is 2.83. The third kappa shape index (κ3) is 2.21. The molecule has 3 rings (SSSR count). The summed E-state index contributed by atoms with van der Waals surface area (Å²) in [4.78, 5) is 17.4. The Balaban J connectivity index is 1.95. The molecule has 1 aromatic carbocycles. The molecule has 2 heterocycles. The Bertz CT molecular complexity index is 800. The number of hydrogen-bond acceptors (Lipinski definition) is 4. The molecule has 0 spiro atoms. The van der Waals surface area contributed by atoms with E-state index in [0.29, 0.717) is 21.1 Å². The van der Waals surface area contributed by atoms with Gasteiger partial charge in [0.15, 0.2) is 0 Å². The van der Waals surface area contributed by atoms with E-state index in [9.17, 15) is 9.18 Å². The van der Waals surface area contributed by atoms with Gasteiger partial charge < -0.3 is 11.1 Å². The van der Waals surface area contributed by atoms with E-state index in [1.165, 1.54) is 29.5 Å². The lowest BCUT2D eigenvalue weighted by atomic mass is 10.2. The molecule has 3 aromatic rings. The number of pyridine rings is 1. The van der Waals surface area contributed by atoms with E-state index in [4.69, 9.17) is 5.73 Å². The molecule has 100 valence electrons. The van der Waals surface area contributed by atoms with Crippen molar-refractivity contribution < 1.29 is 9.18 Å². The monoisotopic (exact) mass is 287 g/mol. The van der Waals surface area contributed by atoms with Crippen molar-refractivity contribution in [1.82, 2.24) is 4.98 Å². The van der Waals surface area contributed by atoms with Gasteiger partial charge in [0.2, 0.25) is 0 Å². The Morgan fingerprint density at radius 3 is 2.90 bits per heavy atom. The lowest BCUT2D eigenvalue weighted by Crippen LogP contribution is -2.11. The highest BCUT2D eigenvalue weighted by Gasteiger charge is 2.17. The van der Waals surface area contributed by atoms with E-state index >= 15 is 0 Å². The van der Waals surface area contributed by atoms with Crippen molar-refractivity contribution in [1.29, 1.82) is 0 Å². The van der Waals surface area contributed by atoms with Gasteiger partial charge in [-0.15, -0.1) is 11.3 Å². The van der Waals surface area contributed by atoms with Gasteiger partial charge in [0.05, 0.1) is 5.69 Å². The van der Waals surface area contributed by atoms with E-state index in [1.54, 1.807) is 18.3 Å². The zero-order valence-electron chi connectivity index (χ0n) is 10.3. The largest absolute Gasteiger partial charge is 0.397 e. The van der Waals surface area contributed by atoms with E-state index in [1.807, 2.05) is 6.07 Å². The second-order valence-corrected chi connectivity index (χ2v) is 5.16. The van der Waals surface area contributed by atoms with Crippen molar-refractivity contribution >= 4 is 38.8 Å². The van der Waals surface area contributed by atoms with Crippen molar-refractivity contribution in [3.63, 3.8) is 0 Å². The molecule has 0 aliphatic carbocycles. The summed E-state index contributed by atoms with van der Waals surface area (Å²) < 4.78 is 13.1. The molecule has 0 atom stereocenters. The Hall–Kier alpha value is -2.47. The number of nitrogen functional groups attached to an aromatic ring is 1. The van der Waals surface area contributed by atoms with Crippen molar-refractivity contribution in [2.75, 3.05) is 11.1 Å². The summed E-state index contributed by atoms with van der Waals surface area (Å²) in [6.45, 7) is 0. The molecule has 3 N–H and O–H groups in total. The van der Waals surface area contributed by atoms with E-state index in [0.717, 1.165) is 5.39 Å². The Kier molecular flexibility index (Phi) is 3.08. The van der Waals surface area contributed by atoms with Crippen molar-refractivity contribution in [2.45, 2.75) is 0 Å². The minimum atomic E-state index is -0.409. The Labute approximate surface area is 118 Å². The normalized spacial score (nSPS) is 10.7. The van der Waals surface area contributed by atoms with Crippen LogP contribution in [0.5, 0.6) is 0 Å². The summed E-state index contributed by atoms with van der Waals surface area (Å²) in [6, 6.07) is 9.28. The average Bonchev–Trinajstić information content (AvgIpc) is 2.77. The van der Waals surface area contributed by atoms with Crippen LogP contribution < -0.4 is 11.1 Å². The molecule has 2 aromatic heterocycles. The van der Waals surface area contributed by atoms with Gasteiger partial charge in [-0.05, 0) is 30.3 Å². The number of halogens is 1. The number of fused-ring (bicyclic) bond motifs is 1. The predicted molar refractivity (Wildman–Crippen MR) is 78.4 cm³/mol. The van der Waals surface area contributed by atoms with Gasteiger partial charge in [0.25, 0.3) is 5.91 Å². The topological polar surface area (TPSA) is 68.0 Å². The number of nitrogens with two attached hydrogens (primary N) is 1. The first-order chi connectivity index (χ1) is 9.65. The maximum atomic E-state index is 13.1. The van der Waals surface area contributed by atoms with Gasteiger partial charge in [0, 0.05) is 17.3 Å². The van der Waals surface area contributed by atoms with Crippen LogP contribution in [-0.2, 0) is 0 Å². The smallest absolute Gasteiger partial charge is 0.267 e. The number of nitrogens with zero attached hydrogens (tertiary/aromatic N) is 1. The van der Waals surface area contributed by atoms with Gasteiger partial charge >= 0.3 is 0 Å². The second-order valence-electron chi connectivity index (χ2n) is 4.17. The molecule has 1 amide bonds. The quantitative estimate of drug-likeness (QED) is 0.760. The lowest BCUT2D eigenvalue weighted by molar-refractivity contribution is 0.103. The van der Waals surface area contributed by atoms with Crippen LogP contribution in [0.15, 0.2) is 42.6 Å². The van der Waals surface area contributed by atoms with Crippen LogP contribution in [-0.4, -0.2) is 10.9 Å². The predicted octanol–water partition coefficient (Wildman–Crippen LogP) is 3.27. The average molecular weight is 287 g/mol. The molecule has 0 fully saturated rings. The number of thiophene rings is 1. The van der Waals surface area contributed by atoms with E-state index in [2.05, 4.69) is 10.3 Å². The number of anilines is 2. The summed E-state index contributed by atoms with van der Waals surface area (Å²) in [5, 5.41) is 3.38. The summed E-state index contributed by atoms with van der Waals surface area (Å²) >= 11 is 1.21. The van der Waals surface area contributed by atoms with E-state index in [-0.39, 0.29) is 5.91 Å². The molecule has 0 aliphatic heterocycles. The second kappa shape index (κ2) is 4.90. The number of carbonyl (C=O) groups is 1. The molecular formula is C14H10FN3OS. The van der Waals surface area contributed by atoms with Gasteiger partial charge in [-0.1, -0.05) is 6.07 Å². The van der Waals surface area contributed by atoms with Gasteiger partial charge in [-0.25, -0.2) is 9.37 Å². The highest BCUT2D eigenvalue weighted by Crippen LogP contribution is 2.32. The van der Waals surface area contributed by atoms with Gasteiger partial charge in [-0.2, -0.15) is 0 Å². The number of nitrogens with one attached hydrogen (secondary N) is 1. The maximum absolute atomic E-state index is 13.1. The SMILES string of the molecule is Nc1c(C(=O)Nc2cccc(F)c2)sc2ncccc12. The number of aromatic nitrogens is 1. The molecule has 0 aliphatic rings. The molecule has 0 saturated heterocycles. The Morgan fingerprint density at radius 1 is 1.30 bits per heavy atom. The fraction of sp³-hybridized carbons (Fsp3) is 0. The maximum Gasteiger partial charge on any atom is 0.267 e. The summed E-state index contributed by atoms with van der Waals surface area (Å²) in [6.07, 6.45) is 1.65. The third-order valence-corrected chi connectivity index (χ3v) is 3.92. The first-order valence-electron chi connectivity index (χ1n) is 5.85. The van der Waals surface area contributed by atoms with Crippen LogP contribution in [0.3, 0.4) is 0 Å². The van der Waals surface area contributed by atoms with E-state index < -0.39 is 5.82 Å². The van der Waals surface area contributed by atoms with Crippen LogP contribution in [0.25, 0.3) is 10.2 Å². The minimum Gasteiger partial charge on any atom is -0.397 e. The summed E-state index contributed by atoms with van der Waals surface area (Å²) in [5.74, 6) is -0.773. The molecular weight excluding hydrogens is 277 g/mol. The van der Waals surface area contributed by atoms with Crippen molar-refractivity contribution in [3.05, 3.63) is 53.3 Å². The number of benzene rings is 1. The van der Waals surface area contributed by atoms with Gasteiger partial charge in [-0.3, -0.25) is 4.79 Å². The first-order valence-corrected chi connectivity index (χ1v) is 6.67. The number of amides is 1. The third-order valence-electron chi connectivity index (χ3n) is 2.79. The molecule has 20 heavy (non-hydrogen) atoms. The lowest BCUT2D eigenvalue weighted by Gasteiger charge is -2.04. The molecule has 0 radical (unpaired) electrons. The van der Waals surface area contributed by atoms with Crippen LogP contribution in [0.2, 0.25) is 0 Å². The molecule has 0 saturated carbocycles. The van der Waals surface area contributed by atoms with Crippen molar-refractivity contribution in [2.24, 2.45) is 0 Å². The fourth-order valence-electron chi connectivity index (χ4n) is 1.87. The minimum absolute atomic E-state index is 0.365. The zero-order valence-corrected chi connectivity index (χ0v) is 11.1. The zero-order chi connectivity index (χ0) is 14.1. The van der Waals surface area contributed by atoms with Crippen molar-refractivity contribution in [3.8, 4) is 0 Å². The number of carbonyl (C=O) groups excluding carboxylic acids is 1. The summed E-state index contributed by atoms with van der Waals surface area (Å²) in [7, 11) is 0. The molecule has 0 bridgehead atoms. The van der Waals surface area contributed by atoms with Crippen LogP contribution in [0.1, 0.15) is 9.67 Å².